The normalized spacial score (nSPS) is 12.9. The molecule has 0 radical (unpaired) electrons. The lowest BCUT2D eigenvalue weighted by Crippen LogP contribution is -2.12. The minimum absolute atomic E-state index is 0.215. The predicted octanol–water partition coefficient (Wildman–Crippen LogP) is 1.80. The summed E-state index contributed by atoms with van der Waals surface area (Å²) < 4.78 is 12.0. The molecule has 1 amide bonds. The number of nitrogens with zero attached hydrogens (tertiary/aromatic N) is 2. The number of rotatable bonds is 5. The molecule has 0 fully saturated rings. The number of carbonyl (C=O) groups excluding carboxylic acids is 1. The molecule has 1 atom stereocenters. The van der Waals surface area contributed by atoms with Gasteiger partial charge in [0.2, 0.25) is 5.91 Å². The van der Waals surface area contributed by atoms with Crippen LogP contribution in [0.25, 0.3) is 0 Å². The molecule has 1 aromatic rings. The third-order valence-corrected chi connectivity index (χ3v) is 3.73. The van der Waals surface area contributed by atoms with Crippen LogP contribution in [0.1, 0.15) is 44.9 Å². The Morgan fingerprint density at radius 3 is 2.79 bits per heavy atom. The quantitative estimate of drug-likeness (QED) is 0.661. The molecule has 0 aliphatic carbocycles. The zero-order chi connectivity index (χ0) is 14.4. The fourth-order valence-electron chi connectivity index (χ4n) is 1.51. The Bertz CT molecular complexity index is 513. The van der Waals surface area contributed by atoms with Gasteiger partial charge in [0.05, 0.1) is 27.6 Å². The van der Waals surface area contributed by atoms with Crippen molar-refractivity contribution in [1.82, 2.24) is 10.4 Å². The van der Waals surface area contributed by atoms with Crippen LogP contribution in [-0.2, 0) is 15.6 Å². The highest BCUT2D eigenvalue weighted by Gasteiger charge is 2.13. The smallest absolute Gasteiger partial charge is 0.236 e. The third-order valence-electron chi connectivity index (χ3n) is 2.39. The fraction of sp³-hybridized carbons (Fsp3) is 0.462. The molecule has 5 nitrogen and oxygen atoms in total. The van der Waals surface area contributed by atoms with E-state index in [4.69, 9.17) is 0 Å². The summed E-state index contributed by atoms with van der Waals surface area (Å²) in [6.45, 7) is 7.29. The molecule has 6 heteroatoms. The van der Waals surface area contributed by atoms with Crippen molar-refractivity contribution >= 4 is 22.9 Å². The second kappa shape index (κ2) is 7.13. The van der Waals surface area contributed by atoms with E-state index >= 15 is 0 Å². The average molecular weight is 281 g/mol. The van der Waals surface area contributed by atoms with Gasteiger partial charge in [0.1, 0.15) is 0 Å². The van der Waals surface area contributed by atoms with Gasteiger partial charge in [0.15, 0.2) is 0 Å². The fourth-order valence-corrected chi connectivity index (χ4v) is 2.61. The van der Waals surface area contributed by atoms with Crippen molar-refractivity contribution in [2.45, 2.75) is 38.5 Å². The number of hydrogen-bond acceptors (Lipinski definition) is 4. The van der Waals surface area contributed by atoms with Gasteiger partial charge in [-0.2, -0.15) is 5.10 Å². The Hall–Kier alpha value is -1.56. The highest BCUT2D eigenvalue weighted by molar-refractivity contribution is 7.85. The minimum Gasteiger partial charge on any atom is -0.274 e. The predicted molar refractivity (Wildman–Crippen MR) is 76.7 cm³/mol. The molecule has 0 aliphatic heterocycles. The Kier molecular flexibility index (Phi) is 5.82. The molecule has 0 saturated heterocycles. The molecule has 19 heavy (non-hydrogen) atoms. The van der Waals surface area contributed by atoms with Crippen molar-refractivity contribution in [3.63, 3.8) is 0 Å². The van der Waals surface area contributed by atoms with E-state index in [2.05, 4.69) is 15.5 Å². The molecule has 1 aromatic heterocycles. The number of hydrogen-bond donors (Lipinski definition) is 1. The van der Waals surface area contributed by atoms with Gasteiger partial charge < -0.3 is 0 Å². The van der Waals surface area contributed by atoms with Gasteiger partial charge in [-0.15, -0.1) is 0 Å². The lowest BCUT2D eigenvalue weighted by Gasteiger charge is -2.11. The first-order chi connectivity index (χ1) is 8.95. The van der Waals surface area contributed by atoms with Crippen LogP contribution in [0.4, 0.5) is 0 Å². The number of nitrogens with one attached hydrogen (secondary N) is 1. The van der Waals surface area contributed by atoms with Crippen molar-refractivity contribution in [3.8, 4) is 0 Å². The number of pyridine rings is 1. The molecule has 1 heterocycles. The summed E-state index contributed by atoms with van der Waals surface area (Å²) in [6.07, 6.45) is 3.16. The molecule has 1 unspecified atom stereocenters. The molecular weight excluding hydrogens is 262 g/mol. The summed E-state index contributed by atoms with van der Waals surface area (Å²) >= 11 is 0. The number of aromatic nitrogens is 1. The average Bonchev–Trinajstić information content (AvgIpc) is 2.37. The zero-order valence-corrected chi connectivity index (χ0v) is 12.5. The number of carbonyl (C=O) groups is 1. The first kappa shape index (κ1) is 15.5. The largest absolute Gasteiger partial charge is 0.274 e. The maximum atomic E-state index is 12.0. The van der Waals surface area contributed by atoms with E-state index in [-0.39, 0.29) is 11.8 Å². The van der Waals surface area contributed by atoms with Crippen LogP contribution in [0.5, 0.6) is 0 Å². The minimum atomic E-state index is -1.06. The first-order valence-corrected chi connectivity index (χ1v) is 7.45. The lowest BCUT2D eigenvalue weighted by molar-refractivity contribution is -0.118. The molecular formula is C13H19N3O2S. The van der Waals surface area contributed by atoms with Crippen LogP contribution in [0.3, 0.4) is 0 Å². The Morgan fingerprint density at radius 2 is 2.26 bits per heavy atom. The summed E-state index contributed by atoms with van der Waals surface area (Å²) in [5.41, 5.74) is 3.88. The standard InChI is InChI=1S/C13H19N3O2S/c1-5-19(18)12-6-11(8-15-16-10(4)17)7-14-13(12)9(2)3/h6-9H,5H2,1-4H3,(H,16,17)/b15-8+. The Labute approximate surface area is 116 Å². The topological polar surface area (TPSA) is 71.4 Å². The van der Waals surface area contributed by atoms with Gasteiger partial charge >= 0.3 is 0 Å². The van der Waals surface area contributed by atoms with Crippen LogP contribution >= 0.6 is 0 Å². The summed E-state index contributed by atoms with van der Waals surface area (Å²) in [4.78, 5) is 15.8. The van der Waals surface area contributed by atoms with Gasteiger partial charge in [0.25, 0.3) is 0 Å². The van der Waals surface area contributed by atoms with Crippen molar-refractivity contribution in [1.29, 1.82) is 0 Å². The van der Waals surface area contributed by atoms with Crippen LogP contribution in [-0.4, -0.2) is 27.1 Å². The lowest BCUT2D eigenvalue weighted by atomic mass is 10.1. The molecule has 0 saturated carbocycles. The first-order valence-electron chi connectivity index (χ1n) is 6.13. The molecule has 1 rings (SSSR count). The van der Waals surface area contributed by atoms with Crippen molar-refractivity contribution in [2.75, 3.05) is 5.75 Å². The second-order valence-corrected chi connectivity index (χ2v) is 6.08. The maximum absolute atomic E-state index is 12.0. The van der Waals surface area contributed by atoms with Crippen molar-refractivity contribution in [3.05, 3.63) is 23.5 Å². The molecule has 0 aliphatic rings. The van der Waals surface area contributed by atoms with E-state index in [1.807, 2.05) is 26.8 Å². The molecule has 1 N–H and O–H groups in total. The molecule has 0 spiro atoms. The van der Waals surface area contributed by atoms with Crippen LogP contribution in [0.15, 0.2) is 22.3 Å². The maximum Gasteiger partial charge on any atom is 0.236 e. The highest BCUT2D eigenvalue weighted by atomic mass is 32.2. The summed E-state index contributed by atoms with van der Waals surface area (Å²) in [7, 11) is -1.06. The second-order valence-electron chi connectivity index (χ2n) is 4.37. The number of hydrazone groups is 1. The van der Waals surface area contributed by atoms with Crippen LogP contribution < -0.4 is 5.43 Å². The van der Waals surface area contributed by atoms with E-state index in [0.29, 0.717) is 5.75 Å². The Balaban J connectivity index is 3.08. The zero-order valence-electron chi connectivity index (χ0n) is 11.6. The van der Waals surface area contributed by atoms with E-state index in [1.54, 1.807) is 6.20 Å². The summed E-state index contributed by atoms with van der Waals surface area (Å²) in [6, 6.07) is 1.81. The number of amides is 1. The van der Waals surface area contributed by atoms with E-state index in [0.717, 1.165) is 16.2 Å². The summed E-state index contributed by atoms with van der Waals surface area (Å²) in [5, 5.41) is 3.78. The monoisotopic (exact) mass is 281 g/mol. The Morgan fingerprint density at radius 1 is 1.58 bits per heavy atom. The van der Waals surface area contributed by atoms with Crippen LogP contribution in [0.2, 0.25) is 0 Å². The molecule has 0 aromatic carbocycles. The summed E-state index contributed by atoms with van der Waals surface area (Å²) in [5.74, 6) is 0.528. The van der Waals surface area contributed by atoms with Gasteiger partial charge in [-0.3, -0.25) is 14.0 Å². The SMILES string of the molecule is CCS(=O)c1cc(/C=N/NC(C)=O)cnc1C(C)C. The van der Waals surface area contributed by atoms with Crippen molar-refractivity contribution < 1.29 is 9.00 Å². The highest BCUT2D eigenvalue weighted by Crippen LogP contribution is 2.21. The van der Waals surface area contributed by atoms with E-state index in [1.165, 1.54) is 13.1 Å². The van der Waals surface area contributed by atoms with Gasteiger partial charge in [-0.05, 0) is 12.0 Å². The third kappa shape index (κ3) is 4.55. The van der Waals surface area contributed by atoms with Gasteiger partial charge in [-0.1, -0.05) is 20.8 Å². The van der Waals surface area contributed by atoms with E-state index < -0.39 is 10.8 Å². The van der Waals surface area contributed by atoms with Gasteiger partial charge in [0, 0.05) is 24.4 Å². The van der Waals surface area contributed by atoms with E-state index in [9.17, 15) is 9.00 Å². The molecule has 0 bridgehead atoms. The van der Waals surface area contributed by atoms with Gasteiger partial charge in [-0.25, -0.2) is 5.43 Å². The molecule has 104 valence electrons. The van der Waals surface area contributed by atoms with Crippen molar-refractivity contribution in [2.24, 2.45) is 5.10 Å². The van der Waals surface area contributed by atoms with Crippen LogP contribution in [0, 0.1) is 0 Å².